The average molecular weight is 513 g/mol. The molecule has 3 N–H and O–H groups in total. The topological polar surface area (TPSA) is 61.4 Å². The van der Waals surface area contributed by atoms with Crippen molar-refractivity contribution < 1.29 is 9.90 Å². The number of allylic oxidation sites excluding steroid dienone is 1. The van der Waals surface area contributed by atoms with Crippen LogP contribution >= 0.6 is 0 Å². The fraction of sp³-hybridized carbons (Fsp3) is 0.909. The van der Waals surface area contributed by atoms with E-state index in [2.05, 4.69) is 58.8 Å². The Morgan fingerprint density at radius 3 is 2.41 bits per heavy atom. The summed E-state index contributed by atoms with van der Waals surface area (Å²) in [6.07, 6.45) is 12.9. The van der Waals surface area contributed by atoms with Gasteiger partial charge in [-0.15, -0.1) is 0 Å². The van der Waals surface area contributed by atoms with E-state index in [1.807, 2.05) is 0 Å². The Kier molecular flexibility index (Phi) is 7.00. The lowest BCUT2D eigenvalue weighted by atomic mass is 9.33. The van der Waals surface area contributed by atoms with Gasteiger partial charge in [-0.05, 0) is 144 Å². The van der Waals surface area contributed by atoms with Gasteiger partial charge in [0.2, 0.25) is 5.91 Å². The molecule has 9 atom stereocenters. The SMILES string of the molecule is C=C(C)[C@@H]1CC[C@]2(C(=O)NCCCO)CC[C@]3(C)[C@H](CC[C@@H]4[C@@]5(C)CCCNC(C)(C)[C@@H]5CC[C@]43C)[C@@H]12. The van der Waals surface area contributed by atoms with Crippen molar-refractivity contribution in [3.05, 3.63) is 12.2 Å². The van der Waals surface area contributed by atoms with Crippen LogP contribution in [0.4, 0.5) is 0 Å². The molecule has 0 bridgehead atoms. The molecule has 4 saturated carbocycles. The van der Waals surface area contributed by atoms with Gasteiger partial charge in [0.05, 0.1) is 5.41 Å². The highest BCUT2D eigenvalue weighted by Gasteiger charge is 2.71. The van der Waals surface area contributed by atoms with Gasteiger partial charge in [-0.3, -0.25) is 4.79 Å². The van der Waals surface area contributed by atoms with Crippen LogP contribution in [-0.4, -0.2) is 36.2 Å². The van der Waals surface area contributed by atoms with Crippen LogP contribution in [0.1, 0.15) is 112 Å². The van der Waals surface area contributed by atoms with E-state index in [1.165, 1.54) is 50.5 Å². The van der Waals surface area contributed by atoms with Crippen molar-refractivity contribution in [2.75, 3.05) is 19.7 Å². The minimum atomic E-state index is -0.248. The van der Waals surface area contributed by atoms with Gasteiger partial charge in [-0.25, -0.2) is 0 Å². The minimum Gasteiger partial charge on any atom is -0.396 e. The fourth-order valence-electron chi connectivity index (χ4n) is 11.9. The number of carbonyl (C=O) groups excluding carboxylic acids is 1. The second-order valence-corrected chi connectivity index (χ2v) is 15.4. The quantitative estimate of drug-likeness (QED) is 0.292. The monoisotopic (exact) mass is 512 g/mol. The van der Waals surface area contributed by atoms with E-state index in [0.717, 1.165) is 37.6 Å². The first kappa shape index (κ1) is 27.7. The normalized spacial score (nSPS) is 48.6. The molecule has 1 saturated heterocycles. The van der Waals surface area contributed by atoms with Crippen LogP contribution < -0.4 is 10.6 Å². The lowest BCUT2D eigenvalue weighted by molar-refractivity contribution is -0.223. The van der Waals surface area contributed by atoms with Gasteiger partial charge in [0.15, 0.2) is 0 Å². The lowest BCUT2D eigenvalue weighted by Gasteiger charge is -2.71. The van der Waals surface area contributed by atoms with Crippen LogP contribution in [-0.2, 0) is 4.79 Å². The molecular weight excluding hydrogens is 456 g/mol. The van der Waals surface area contributed by atoms with Gasteiger partial charge in [-0.2, -0.15) is 0 Å². The molecule has 5 rings (SSSR count). The number of aliphatic hydroxyl groups is 1. The Morgan fingerprint density at radius 1 is 0.946 bits per heavy atom. The third-order valence-electron chi connectivity index (χ3n) is 13.7. The van der Waals surface area contributed by atoms with E-state index >= 15 is 0 Å². The maximum Gasteiger partial charge on any atom is 0.226 e. The first-order valence-corrected chi connectivity index (χ1v) is 15.7. The Morgan fingerprint density at radius 2 is 1.70 bits per heavy atom. The third kappa shape index (κ3) is 3.85. The first-order chi connectivity index (χ1) is 17.4. The lowest BCUT2D eigenvalue weighted by Crippen LogP contribution is -2.67. The molecular formula is C33H56N2O2. The van der Waals surface area contributed by atoms with Crippen molar-refractivity contribution >= 4 is 5.91 Å². The Hall–Kier alpha value is -0.870. The fourth-order valence-corrected chi connectivity index (χ4v) is 11.9. The molecule has 1 heterocycles. The molecule has 210 valence electrons. The zero-order valence-electron chi connectivity index (χ0n) is 24.8. The molecule has 37 heavy (non-hydrogen) atoms. The number of hydrogen-bond donors (Lipinski definition) is 3. The van der Waals surface area contributed by atoms with Crippen LogP contribution in [0, 0.1) is 51.2 Å². The van der Waals surface area contributed by atoms with E-state index < -0.39 is 0 Å². The Bertz CT molecular complexity index is 914. The largest absolute Gasteiger partial charge is 0.396 e. The van der Waals surface area contributed by atoms with Gasteiger partial charge in [0, 0.05) is 18.7 Å². The van der Waals surface area contributed by atoms with Crippen LogP contribution in [0.3, 0.4) is 0 Å². The average Bonchev–Trinajstić information content (AvgIpc) is 3.18. The van der Waals surface area contributed by atoms with Crippen molar-refractivity contribution in [3.8, 4) is 0 Å². The maximum absolute atomic E-state index is 13.9. The van der Waals surface area contributed by atoms with Crippen molar-refractivity contribution in [1.82, 2.24) is 10.6 Å². The molecule has 0 aromatic carbocycles. The van der Waals surface area contributed by atoms with Crippen molar-refractivity contribution in [1.29, 1.82) is 0 Å². The smallest absolute Gasteiger partial charge is 0.226 e. The van der Waals surface area contributed by atoms with Crippen molar-refractivity contribution in [2.24, 2.45) is 51.2 Å². The molecule has 0 aromatic heterocycles. The summed E-state index contributed by atoms with van der Waals surface area (Å²) in [5.41, 5.74) is 2.22. The number of rotatable bonds is 5. The maximum atomic E-state index is 13.9. The second kappa shape index (κ2) is 9.36. The molecule has 0 spiro atoms. The van der Waals surface area contributed by atoms with Crippen LogP contribution in [0.25, 0.3) is 0 Å². The number of hydrogen-bond acceptors (Lipinski definition) is 3. The predicted octanol–water partition coefficient (Wildman–Crippen LogP) is 6.48. The molecule has 5 fully saturated rings. The standard InChI is InChI=1S/C33H56N2O2/c1-22(2)23-12-16-33(28(37)34-19-9-21-36)18-17-31(6)24(27(23)33)10-11-26-30(5)14-8-20-35-29(3,4)25(30)13-15-32(26,31)7/h23-27,35-36H,1,8-21H2,2-7H3,(H,34,37)/t23-,24+,25-,26+,27+,30-,31+,32+,33-/m0/s1. The number of aliphatic hydroxyl groups excluding tert-OH is 1. The Labute approximate surface area is 227 Å². The molecule has 1 aliphatic heterocycles. The number of carbonyl (C=O) groups is 1. The molecule has 4 aliphatic carbocycles. The van der Waals surface area contributed by atoms with E-state index in [-0.39, 0.29) is 28.9 Å². The molecule has 0 aromatic rings. The van der Waals surface area contributed by atoms with Crippen molar-refractivity contribution in [2.45, 2.75) is 118 Å². The summed E-state index contributed by atoms with van der Waals surface area (Å²) in [4.78, 5) is 13.9. The summed E-state index contributed by atoms with van der Waals surface area (Å²) in [6.45, 7) is 21.5. The number of amides is 1. The summed E-state index contributed by atoms with van der Waals surface area (Å²) in [6, 6.07) is 0. The molecule has 0 unspecified atom stereocenters. The van der Waals surface area contributed by atoms with Gasteiger partial charge in [0.25, 0.3) is 0 Å². The second-order valence-electron chi connectivity index (χ2n) is 15.4. The zero-order valence-corrected chi connectivity index (χ0v) is 24.8. The summed E-state index contributed by atoms with van der Waals surface area (Å²) in [5.74, 6) is 3.23. The zero-order chi connectivity index (χ0) is 26.9. The van der Waals surface area contributed by atoms with Gasteiger partial charge in [-0.1, -0.05) is 32.9 Å². The molecule has 5 aliphatic rings. The van der Waals surface area contributed by atoms with Crippen molar-refractivity contribution in [3.63, 3.8) is 0 Å². The molecule has 4 heteroatoms. The minimum absolute atomic E-state index is 0.137. The summed E-state index contributed by atoms with van der Waals surface area (Å²) < 4.78 is 0. The summed E-state index contributed by atoms with van der Waals surface area (Å²) >= 11 is 0. The first-order valence-electron chi connectivity index (χ1n) is 15.7. The highest BCUT2D eigenvalue weighted by molar-refractivity contribution is 5.83. The van der Waals surface area contributed by atoms with Gasteiger partial charge in [0.1, 0.15) is 0 Å². The van der Waals surface area contributed by atoms with E-state index in [1.54, 1.807) is 0 Å². The number of nitrogens with one attached hydrogen (secondary N) is 2. The molecule has 1 amide bonds. The summed E-state index contributed by atoms with van der Waals surface area (Å²) in [5, 5.41) is 16.5. The predicted molar refractivity (Wildman–Crippen MR) is 152 cm³/mol. The van der Waals surface area contributed by atoms with Crippen LogP contribution in [0.15, 0.2) is 12.2 Å². The van der Waals surface area contributed by atoms with Crippen LogP contribution in [0.5, 0.6) is 0 Å². The van der Waals surface area contributed by atoms with E-state index in [0.29, 0.717) is 41.5 Å². The van der Waals surface area contributed by atoms with E-state index in [4.69, 9.17) is 0 Å². The highest BCUT2D eigenvalue weighted by atomic mass is 16.3. The van der Waals surface area contributed by atoms with Gasteiger partial charge >= 0.3 is 0 Å². The highest BCUT2D eigenvalue weighted by Crippen LogP contribution is 2.76. The number of fused-ring (bicyclic) bond motifs is 7. The molecule has 0 radical (unpaired) electrons. The Balaban J connectivity index is 1.52. The third-order valence-corrected chi connectivity index (χ3v) is 13.7. The van der Waals surface area contributed by atoms with E-state index in [9.17, 15) is 9.90 Å². The van der Waals surface area contributed by atoms with Gasteiger partial charge < -0.3 is 15.7 Å². The molecule has 4 nitrogen and oxygen atoms in total. The van der Waals surface area contributed by atoms with Crippen LogP contribution in [0.2, 0.25) is 0 Å². The summed E-state index contributed by atoms with van der Waals surface area (Å²) in [7, 11) is 0.